The Balaban J connectivity index is 1.39. The lowest BCUT2D eigenvalue weighted by Crippen LogP contribution is -2.43. The molecule has 1 fully saturated rings. The van der Waals surface area contributed by atoms with E-state index in [1.54, 1.807) is 25.4 Å². The van der Waals surface area contributed by atoms with Crippen LogP contribution >= 0.6 is 22.9 Å². The maximum Gasteiger partial charge on any atom is 0.295 e. The Hall–Kier alpha value is -2.60. The van der Waals surface area contributed by atoms with Crippen LogP contribution in [-0.4, -0.2) is 54.2 Å². The molecule has 1 amide bonds. The van der Waals surface area contributed by atoms with Crippen molar-refractivity contribution in [1.82, 2.24) is 20.2 Å². The van der Waals surface area contributed by atoms with E-state index in [2.05, 4.69) is 59.3 Å². The van der Waals surface area contributed by atoms with Gasteiger partial charge in [-0.05, 0) is 79.3 Å². The molecule has 1 aliphatic rings. The molecule has 0 spiro atoms. The van der Waals surface area contributed by atoms with Gasteiger partial charge in [0.15, 0.2) is 8.32 Å². The third-order valence-electron chi connectivity index (χ3n) is 7.51. The summed E-state index contributed by atoms with van der Waals surface area (Å²) in [6, 6.07) is 3.44. The van der Waals surface area contributed by atoms with Crippen LogP contribution in [0.1, 0.15) is 56.1 Å². The van der Waals surface area contributed by atoms with Crippen molar-refractivity contribution >= 4 is 42.3 Å². The third-order valence-corrected chi connectivity index (χ3v) is 13.0. The van der Waals surface area contributed by atoms with Crippen LogP contribution in [-0.2, 0) is 4.43 Å². The number of aromatic nitrogens is 4. The Labute approximate surface area is 239 Å². The quantitative estimate of drug-likeness (QED) is 0.215. The first-order valence-electron chi connectivity index (χ1n) is 13.0. The summed E-state index contributed by atoms with van der Waals surface area (Å²) in [4.78, 5) is 21.7. The highest BCUT2D eigenvalue weighted by molar-refractivity contribution is 7.17. The number of halogens is 1. The van der Waals surface area contributed by atoms with Crippen molar-refractivity contribution in [3.63, 3.8) is 0 Å². The summed E-state index contributed by atoms with van der Waals surface area (Å²) in [6.45, 7) is 13.8. The molecule has 9 nitrogen and oxygen atoms in total. The number of hydrogen-bond donors (Lipinski definition) is 1. The average Bonchev–Trinajstić information content (AvgIpc) is 3.50. The van der Waals surface area contributed by atoms with E-state index >= 15 is 0 Å². The standard InChI is InChI=1S/C27H36ClN5O4SSi/c1-16-23(35-5)22(18-10-11-29-21(28)13-18)20(14-30-16)24(34)31-25-32-33-26(38-25)36-15-17-8-9-19(12-17)37-39(6,7)27(2,3)4/h10-11,13-14,17,19H,8-9,12,15H2,1-7H3,(H,31,32,34). The second kappa shape index (κ2) is 11.9. The van der Waals surface area contributed by atoms with Crippen LogP contribution in [0.3, 0.4) is 0 Å². The van der Waals surface area contributed by atoms with E-state index in [9.17, 15) is 4.79 Å². The number of ether oxygens (including phenoxy) is 2. The van der Waals surface area contributed by atoms with Gasteiger partial charge in [-0.2, -0.15) is 0 Å². The molecule has 210 valence electrons. The maximum absolute atomic E-state index is 13.3. The van der Waals surface area contributed by atoms with E-state index in [4.69, 9.17) is 25.5 Å². The lowest BCUT2D eigenvalue weighted by molar-refractivity contribution is 0.102. The summed E-state index contributed by atoms with van der Waals surface area (Å²) < 4.78 is 18.1. The number of aryl methyl sites for hydroxylation is 1. The van der Waals surface area contributed by atoms with Gasteiger partial charge >= 0.3 is 0 Å². The van der Waals surface area contributed by atoms with E-state index in [1.165, 1.54) is 17.5 Å². The van der Waals surface area contributed by atoms with Gasteiger partial charge in [0.2, 0.25) is 5.13 Å². The van der Waals surface area contributed by atoms with Crippen molar-refractivity contribution in [3.05, 3.63) is 40.9 Å². The zero-order chi connectivity index (χ0) is 28.4. The molecule has 39 heavy (non-hydrogen) atoms. The van der Waals surface area contributed by atoms with Crippen molar-refractivity contribution in [2.75, 3.05) is 19.0 Å². The Morgan fingerprint density at radius 2 is 2.00 bits per heavy atom. The maximum atomic E-state index is 13.3. The third kappa shape index (κ3) is 6.94. The molecule has 1 saturated carbocycles. The first kappa shape index (κ1) is 29.4. The number of pyridine rings is 2. The molecule has 12 heteroatoms. The minimum Gasteiger partial charge on any atom is -0.494 e. The second-order valence-electron chi connectivity index (χ2n) is 11.4. The molecule has 0 radical (unpaired) electrons. The SMILES string of the molecule is COc1c(C)ncc(C(=O)Nc2nnc(OCC3CCC(O[Si](C)(C)C(C)(C)C)C3)s2)c1-c1ccnc(Cl)c1. The number of nitrogens with one attached hydrogen (secondary N) is 1. The van der Waals surface area contributed by atoms with Crippen LogP contribution < -0.4 is 14.8 Å². The van der Waals surface area contributed by atoms with Crippen molar-refractivity contribution < 1.29 is 18.7 Å². The fourth-order valence-electron chi connectivity index (χ4n) is 4.41. The molecule has 1 N–H and O–H groups in total. The number of methoxy groups -OCH3 is 1. The number of hydrogen-bond acceptors (Lipinski definition) is 9. The largest absolute Gasteiger partial charge is 0.494 e. The van der Waals surface area contributed by atoms with Crippen molar-refractivity contribution in [2.24, 2.45) is 5.92 Å². The van der Waals surface area contributed by atoms with Crippen LogP contribution in [0, 0.1) is 12.8 Å². The van der Waals surface area contributed by atoms with Crippen LogP contribution in [0.5, 0.6) is 10.9 Å². The van der Waals surface area contributed by atoms with Gasteiger partial charge in [-0.25, -0.2) is 4.98 Å². The highest BCUT2D eigenvalue weighted by Crippen LogP contribution is 2.41. The lowest BCUT2D eigenvalue weighted by Gasteiger charge is -2.38. The summed E-state index contributed by atoms with van der Waals surface area (Å²) in [5, 5.41) is 12.3. The van der Waals surface area contributed by atoms with Gasteiger partial charge in [-0.3, -0.25) is 15.1 Å². The molecule has 2 atom stereocenters. The number of amides is 1. The van der Waals surface area contributed by atoms with E-state index in [0.717, 1.165) is 19.3 Å². The average molecular weight is 590 g/mol. The predicted octanol–water partition coefficient (Wildman–Crippen LogP) is 6.79. The minimum atomic E-state index is -1.79. The monoisotopic (exact) mass is 589 g/mol. The van der Waals surface area contributed by atoms with Gasteiger partial charge in [0.25, 0.3) is 11.1 Å². The molecule has 0 saturated heterocycles. The molecule has 0 aliphatic heterocycles. The second-order valence-corrected chi connectivity index (χ2v) is 17.4. The molecule has 0 bridgehead atoms. The van der Waals surface area contributed by atoms with Crippen molar-refractivity contribution in [1.29, 1.82) is 0 Å². The number of rotatable bonds is 9. The highest BCUT2D eigenvalue weighted by atomic mass is 35.5. The van der Waals surface area contributed by atoms with Crippen LogP contribution in [0.2, 0.25) is 23.3 Å². The first-order chi connectivity index (χ1) is 18.4. The summed E-state index contributed by atoms with van der Waals surface area (Å²) in [5.41, 5.74) is 2.23. The molecule has 0 aromatic carbocycles. The predicted molar refractivity (Wildman–Crippen MR) is 157 cm³/mol. The zero-order valence-corrected chi connectivity index (χ0v) is 26.1. The van der Waals surface area contributed by atoms with Crippen LogP contribution in [0.4, 0.5) is 5.13 Å². The summed E-state index contributed by atoms with van der Waals surface area (Å²) in [7, 11) is -0.248. The molecule has 3 heterocycles. The molecular weight excluding hydrogens is 554 g/mol. The Bertz CT molecular complexity index is 1330. The minimum absolute atomic E-state index is 0.195. The van der Waals surface area contributed by atoms with Gasteiger partial charge in [0.05, 0.1) is 25.0 Å². The number of anilines is 1. The topological polar surface area (TPSA) is 108 Å². The van der Waals surface area contributed by atoms with Gasteiger partial charge in [-0.15, -0.1) is 5.10 Å². The molecule has 2 unspecified atom stereocenters. The van der Waals surface area contributed by atoms with Crippen LogP contribution in [0.25, 0.3) is 11.1 Å². The smallest absolute Gasteiger partial charge is 0.295 e. The van der Waals surface area contributed by atoms with E-state index < -0.39 is 14.2 Å². The first-order valence-corrected chi connectivity index (χ1v) is 17.1. The highest BCUT2D eigenvalue weighted by Gasteiger charge is 2.40. The van der Waals surface area contributed by atoms with Gasteiger partial charge in [-0.1, -0.05) is 37.5 Å². The summed E-state index contributed by atoms with van der Waals surface area (Å²) in [5.74, 6) is 0.494. The molecule has 3 aromatic heterocycles. The van der Waals surface area contributed by atoms with Gasteiger partial charge < -0.3 is 13.9 Å². The zero-order valence-electron chi connectivity index (χ0n) is 23.5. The molecule has 1 aliphatic carbocycles. The fourth-order valence-corrected chi connectivity index (χ4v) is 6.58. The van der Waals surface area contributed by atoms with Crippen LogP contribution in [0.15, 0.2) is 24.5 Å². The van der Waals surface area contributed by atoms with Gasteiger partial charge in [0.1, 0.15) is 10.9 Å². The number of carbonyl (C=O) groups is 1. The van der Waals surface area contributed by atoms with Gasteiger partial charge in [0, 0.05) is 24.1 Å². The van der Waals surface area contributed by atoms with E-state index in [0.29, 0.717) is 56.1 Å². The molecular formula is C27H36ClN5O4SSi. The summed E-state index contributed by atoms with van der Waals surface area (Å²) >= 11 is 7.31. The van der Waals surface area contributed by atoms with Crippen molar-refractivity contribution in [3.8, 4) is 22.1 Å². The lowest BCUT2D eigenvalue weighted by atomic mass is 9.99. The normalized spacial score (nSPS) is 17.7. The Morgan fingerprint density at radius 3 is 2.69 bits per heavy atom. The Kier molecular flexibility index (Phi) is 8.94. The Morgan fingerprint density at radius 1 is 1.23 bits per heavy atom. The number of carbonyl (C=O) groups excluding carboxylic acids is 1. The van der Waals surface area contributed by atoms with Crippen molar-refractivity contribution in [2.45, 2.75) is 71.2 Å². The number of nitrogens with zero attached hydrogens (tertiary/aromatic N) is 4. The molecule has 4 rings (SSSR count). The van der Waals surface area contributed by atoms with E-state index in [1.807, 2.05) is 6.92 Å². The fraction of sp³-hybridized carbons (Fsp3) is 0.519. The summed E-state index contributed by atoms with van der Waals surface area (Å²) in [6.07, 6.45) is 6.47. The van der Waals surface area contributed by atoms with E-state index in [-0.39, 0.29) is 11.1 Å². The molecule has 3 aromatic rings.